The highest BCUT2D eigenvalue weighted by atomic mass is 35.5. The molecule has 0 spiro atoms. The first-order valence-electron chi connectivity index (χ1n) is 6.00. The zero-order valence-electron chi connectivity index (χ0n) is 9.95. The summed E-state index contributed by atoms with van der Waals surface area (Å²) >= 11 is 5.82. The van der Waals surface area contributed by atoms with E-state index in [0.29, 0.717) is 17.9 Å². The summed E-state index contributed by atoms with van der Waals surface area (Å²) in [7, 11) is 0. The largest absolute Gasteiger partial charge is 0.332 e. The van der Waals surface area contributed by atoms with Crippen LogP contribution in [0.1, 0.15) is 42.6 Å². The predicted octanol–water partition coefficient (Wildman–Crippen LogP) is 2.69. The molecule has 0 unspecified atom stereocenters. The maximum Gasteiger partial charge on any atom is 0.271 e. The van der Waals surface area contributed by atoms with Crippen LogP contribution in [-0.2, 0) is 0 Å². The molecule has 1 aromatic rings. The summed E-state index contributed by atoms with van der Waals surface area (Å²) in [6.45, 7) is 0. The number of carbonyl (C=O) groups is 1. The molecule has 0 aliphatic heterocycles. The van der Waals surface area contributed by atoms with Gasteiger partial charge in [-0.25, -0.2) is 0 Å². The molecular weight excluding hydrogens is 250 g/mol. The standard InChI is InChI=1S/C13H14ClN3O/c14-10-4-7-16-11(8-10)12(18)17-13(9-15)5-2-1-3-6-13/h4,7-8H,1-3,5-6H2,(H,17,18). The lowest BCUT2D eigenvalue weighted by atomic mass is 9.83. The van der Waals surface area contributed by atoms with Crippen molar-refractivity contribution >= 4 is 17.5 Å². The molecule has 0 bridgehead atoms. The molecule has 0 saturated heterocycles. The van der Waals surface area contributed by atoms with Crippen molar-refractivity contribution in [1.29, 1.82) is 5.26 Å². The molecule has 94 valence electrons. The van der Waals surface area contributed by atoms with E-state index < -0.39 is 5.54 Å². The highest BCUT2D eigenvalue weighted by Crippen LogP contribution is 2.27. The highest BCUT2D eigenvalue weighted by molar-refractivity contribution is 6.30. The van der Waals surface area contributed by atoms with E-state index in [2.05, 4.69) is 16.4 Å². The normalized spacial score (nSPS) is 17.8. The Balaban J connectivity index is 2.13. The Labute approximate surface area is 111 Å². The molecule has 5 heteroatoms. The molecule has 1 fully saturated rings. The first-order valence-corrected chi connectivity index (χ1v) is 6.38. The molecule has 1 saturated carbocycles. The van der Waals surface area contributed by atoms with Crippen molar-refractivity contribution in [3.63, 3.8) is 0 Å². The summed E-state index contributed by atoms with van der Waals surface area (Å²) in [4.78, 5) is 16.0. The second-order valence-electron chi connectivity index (χ2n) is 4.57. The molecule has 4 nitrogen and oxygen atoms in total. The van der Waals surface area contributed by atoms with Crippen LogP contribution in [0.3, 0.4) is 0 Å². The number of hydrogen-bond donors (Lipinski definition) is 1. The summed E-state index contributed by atoms with van der Waals surface area (Å²) in [6, 6.07) is 5.35. The van der Waals surface area contributed by atoms with Gasteiger partial charge in [0.25, 0.3) is 5.91 Å². The van der Waals surface area contributed by atoms with Gasteiger partial charge in [-0.15, -0.1) is 0 Å². The first kappa shape index (κ1) is 12.8. The van der Waals surface area contributed by atoms with Crippen molar-refractivity contribution in [2.45, 2.75) is 37.6 Å². The van der Waals surface area contributed by atoms with Gasteiger partial charge in [-0.05, 0) is 25.0 Å². The Morgan fingerprint density at radius 1 is 1.44 bits per heavy atom. The van der Waals surface area contributed by atoms with Gasteiger partial charge in [0.05, 0.1) is 6.07 Å². The molecule has 1 heterocycles. The van der Waals surface area contributed by atoms with Crippen LogP contribution in [0, 0.1) is 11.3 Å². The summed E-state index contributed by atoms with van der Waals surface area (Å²) < 4.78 is 0. The van der Waals surface area contributed by atoms with Crippen molar-refractivity contribution in [1.82, 2.24) is 10.3 Å². The molecule has 1 amide bonds. The molecule has 0 aromatic carbocycles. The van der Waals surface area contributed by atoms with Crippen LogP contribution in [0.5, 0.6) is 0 Å². The van der Waals surface area contributed by atoms with Crippen LogP contribution in [-0.4, -0.2) is 16.4 Å². The highest BCUT2D eigenvalue weighted by Gasteiger charge is 2.34. The average molecular weight is 264 g/mol. The molecule has 1 aliphatic rings. The lowest BCUT2D eigenvalue weighted by molar-refractivity contribution is 0.0897. The third kappa shape index (κ3) is 2.80. The molecule has 1 aliphatic carbocycles. The summed E-state index contributed by atoms with van der Waals surface area (Å²) in [5.74, 6) is -0.332. The van der Waals surface area contributed by atoms with Gasteiger partial charge in [-0.1, -0.05) is 30.9 Å². The minimum atomic E-state index is -0.737. The van der Waals surface area contributed by atoms with E-state index in [4.69, 9.17) is 11.6 Å². The maximum atomic E-state index is 12.0. The van der Waals surface area contributed by atoms with E-state index in [9.17, 15) is 10.1 Å². The summed E-state index contributed by atoms with van der Waals surface area (Å²) in [5.41, 5.74) is -0.484. The predicted molar refractivity (Wildman–Crippen MR) is 68.1 cm³/mol. The lowest BCUT2D eigenvalue weighted by Crippen LogP contribution is -2.48. The van der Waals surface area contributed by atoms with Crippen molar-refractivity contribution in [2.24, 2.45) is 0 Å². The van der Waals surface area contributed by atoms with E-state index in [0.717, 1.165) is 19.3 Å². The number of halogens is 1. The van der Waals surface area contributed by atoms with E-state index >= 15 is 0 Å². The lowest BCUT2D eigenvalue weighted by Gasteiger charge is -2.31. The minimum absolute atomic E-state index is 0.252. The Bertz CT molecular complexity index is 489. The topological polar surface area (TPSA) is 65.8 Å². The second-order valence-corrected chi connectivity index (χ2v) is 5.00. The zero-order chi connectivity index (χ0) is 13.0. The number of carbonyl (C=O) groups excluding carboxylic acids is 1. The molecule has 1 N–H and O–H groups in total. The number of amides is 1. The van der Waals surface area contributed by atoms with Gasteiger partial charge >= 0.3 is 0 Å². The smallest absolute Gasteiger partial charge is 0.271 e. The van der Waals surface area contributed by atoms with Crippen molar-refractivity contribution in [3.8, 4) is 6.07 Å². The second kappa shape index (κ2) is 5.36. The first-order chi connectivity index (χ1) is 8.65. The third-order valence-corrected chi connectivity index (χ3v) is 3.46. The Hall–Kier alpha value is -1.60. The van der Waals surface area contributed by atoms with Crippen LogP contribution in [0.2, 0.25) is 5.02 Å². The average Bonchev–Trinajstić information content (AvgIpc) is 2.40. The maximum absolute atomic E-state index is 12.0. The Morgan fingerprint density at radius 2 is 2.17 bits per heavy atom. The number of nitrogens with one attached hydrogen (secondary N) is 1. The number of aromatic nitrogens is 1. The van der Waals surface area contributed by atoms with Gasteiger partial charge in [-0.3, -0.25) is 9.78 Å². The Kier molecular flexibility index (Phi) is 3.83. The Morgan fingerprint density at radius 3 is 2.78 bits per heavy atom. The summed E-state index contributed by atoms with van der Waals surface area (Å²) in [5, 5.41) is 12.5. The number of hydrogen-bond acceptors (Lipinski definition) is 3. The van der Waals surface area contributed by atoms with E-state index in [-0.39, 0.29) is 11.6 Å². The van der Waals surface area contributed by atoms with Gasteiger partial charge in [0, 0.05) is 11.2 Å². The fraction of sp³-hybridized carbons (Fsp3) is 0.462. The number of pyridine rings is 1. The molecule has 1 aromatic heterocycles. The van der Waals surface area contributed by atoms with Gasteiger partial charge < -0.3 is 5.32 Å². The van der Waals surface area contributed by atoms with Crippen molar-refractivity contribution in [3.05, 3.63) is 29.0 Å². The van der Waals surface area contributed by atoms with Crippen molar-refractivity contribution in [2.75, 3.05) is 0 Å². The van der Waals surface area contributed by atoms with E-state index in [1.54, 1.807) is 6.07 Å². The molecular formula is C13H14ClN3O. The number of nitrogens with zero attached hydrogens (tertiary/aromatic N) is 2. The van der Waals surface area contributed by atoms with Crippen molar-refractivity contribution < 1.29 is 4.79 Å². The van der Waals surface area contributed by atoms with E-state index in [1.807, 2.05) is 0 Å². The SMILES string of the molecule is N#CC1(NC(=O)c2cc(Cl)ccn2)CCCCC1. The number of nitriles is 1. The molecule has 0 radical (unpaired) electrons. The molecule has 0 atom stereocenters. The van der Waals surface area contributed by atoms with Crippen LogP contribution >= 0.6 is 11.6 Å². The molecule has 18 heavy (non-hydrogen) atoms. The van der Waals surface area contributed by atoms with Gasteiger partial charge in [0.1, 0.15) is 11.2 Å². The van der Waals surface area contributed by atoms with Gasteiger partial charge in [0.2, 0.25) is 0 Å². The monoisotopic (exact) mass is 263 g/mol. The minimum Gasteiger partial charge on any atom is -0.332 e. The molecule has 2 rings (SSSR count). The number of rotatable bonds is 2. The fourth-order valence-electron chi connectivity index (χ4n) is 2.23. The fourth-order valence-corrected chi connectivity index (χ4v) is 2.39. The quantitative estimate of drug-likeness (QED) is 0.892. The van der Waals surface area contributed by atoms with Crippen LogP contribution < -0.4 is 5.32 Å². The van der Waals surface area contributed by atoms with Crippen LogP contribution in [0.15, 0.2) is 18.3 Å². The van der Waals surface area contributed by atoms with Crippen LogP contribution in [0.4, 0.5) is 0 Å². The van der Waals surface area contributed by atoms with E-state index in [1.165, 1.54) is 12.3 Å². The van der Waals surface area contributed by atoms with Gasteiger partial charge in [-0.2, -0.15) is 5.26 Å². The van der Waals surface area contributed by atoms with Crippen LogP contribution in [0.25, 0.3) is 0 Å². The van der Waals surface area contributed by atoms with Gasteiger partial charge in [0.15, 0.2) is 0 Å². The summed E-state index contributed by atoms with van der Waals surface area (Å²) in [6.07, 6.45) is 5.95. The third-order valence-electron chi connectivity index (χ3n) is 3.23. The zero-order valence-corrected chi connectivity index (χ0v) is 10.7.